The fourth-order valence-electron chi connectivity index (χ4n) is 13.4. The Bertz CT molecular complexity index is 2010. The number of rotatable bonds is 85. The highest BCUT2D eigenvalue weighted by Gasteiger charge is 2.30. The van der Waals surface area contributed by atoms with E-state index in [-0.39, 0.29) is 25.7 Å². The van der Waals surface area contributed by atoms with Gasteiger partial charge in [0.15, 0.2) is 12.2 Å². The van der Waals surface area contributed by atoms with Gasteiger partial charge >= 0.3 is 39.5 Å². The maximum atomic E-state index is 13.1. The third-order valence-corrected chi connectivity index (χ3v) is 22.1. The molecule has 17 nitrogen and oxygen atoms in total. The van der Waals surface area contributed by atoms with Crippen molar-refractivity contribution in [3.63, 3.8) is 0 Å². The Morgan fingerprint density at radius 3 is 0.648 bits per heavy atom. The number of esters is 4. The summed E-state index contributed by atoms with van der Waals surface area (Å²) in [5.41, 5.74) is 0. The van der Waals surface area contributed by atoms with Gasteiger partial charge in [-0.1, -0.05) is 408 Å². The molecular formula is C86H168O17P2. The minimum Gasteiger partial charge on any atom is -0.462 e. The summed E-state index contributed by atoms with van der Waals surface area (Å²) in [4.78, 5) is 73.3. The van der Waals surface area contributed by atoms with Crippen molar-refractivity contribution in [2.75, 3.05) is 39.6 Å². The van der Waals surface area contributed by atoms with Gasteiger partial charge in [-0.05, 0) is 37.5 Å². The third kappa shape index (κ3) is 79.9. The molecule has 0 aromatic carbocycles. The SMILES string of the molecule is CCCCCCCCCCCCCCCCCCCCCC(=O)O[C@H](COC(=O)CCCCCCCCCCCCCCCCCC(C)C)COP(=O)(O)OC[C@@H](O)COP(=O)(O)OC[C@@H](COC(=O)CCCCCCCCCCCC(C)C)OC(=O)CCCCCCCCCCCCCCCCCC. The van der Waals surface area contributed by atoms with Gasteiger partial charge in [0.25, 0.3) is 0 Å². The maximum Gasteiger partial charge on any atom is 0.472 e. The van der Waals surface area contributed by atoms with Gasteiger partial charge in [0.1, 0.15) is 19.3 Å². The molecule has 0 aliphatic heterocycles. The van der Waals surface area contributed by atoms with Crippen molar-refractivity contribution in [2.24, 2.45) is 11.8 Å². The van der Waals surface area contributed by atoms with Gasteiger partial charge in [-0.25, -0.2) is 9.13 Å². The monoisotopic (exact) mass is 1540 g/mol. The summed E-state index contributed by atoms with van der Waals surface area (Å²) in [5, 5.41) is 10.7. The number of hydrogen-bond donors (Lipinski definition) is 3. The minimum absolute atomic E-state index is 0.108. The van der Waals surface area contributed by atoms with Gasteiger partial charge in [0.2, 0.25) is 0 Å². The van der Waals surface area contributed by atoms with Crippen LogP contribution in [-0.4, -0.2) is 96.7 Å². The van der Waals surface area contributed by atoms with Crippen molar-refractivity contribution in [2.45, 2.75) is 477 Å². The molecule has 0 aliphatic carbocycles. The predicted octanol–water partition coefficient (Wildman–Crippen LogP) is 26.2. The molecule has 105 heavy (non-hydrogen) atoms. The van der Waals surface area contributed by atoms with Gasteiger partial charge < -0.3 is 33.8 Å². The molecule has 0 aliphatic rings. The van der Waals surface area contributed by atoms with Crippen molar-refractivity contribution in [1.82, 2.24) is 0 Å². The van der Waals surface area contributed by atoms with Crippen LogP contribution < -0.4 is 0 Å². The number of ether oxygens (including phenoxy) is 4. The van der Waals surface area contributed by atoms with E-state index in [2.05, 4.69) is 41.5 Å². The molecule has 624 valence electrons. The lowest BCUT2D eigenvalue weighted by Crippen LogP contribution is -2.30. The standard InChI is InChI=1S/C86H168O17P2/c1-7-9-11-13-15-17-19-21-23-25-26-27-31-36-40-46-53-59-65-71-85(90)102-81(74-96-83(88)68-62-56-50-44-38-34-32-28-29-33-37-42-48-54-60-66-78(3)4)76-100-104(92,93)98-72-80(87)73-99-105(94,95)101-77-82(75-97-84(89)69-63-57-51-47-41-43-49-55-61-67-79(5)6)103-86(91)70-64-58-52-45-39-35-30-24-22-20-18-16-14-12-10-8-2/h78-82,87H,7-77H2,1-6H3,(H,92,93)(H,94,95)/t80-,81-,82-/m1/s1. The van der Waals surface area contributed by atoms with Crippen molar-refractivity contribution in [3.8, 4) is 0 Å². The second kappa shape index (κ2) is 77.4. The molecule has 0 saturated carbocycles. The average Bonchev–Trinajstić information content (AvgIpc) is 0.916. The Morgan fingerprint density at radius 1 is 0.257 bits per heavy atom. The second-order valence-electron chi connectivity index (χ2n) is 31.9. The fraction of sp³-hybridized carbons (Fsp3) is 0.953. The van der Waals surface area contributed by atoms with E-state index in [1.165, 1.54) is 276 Å². The number of carbonyl (C=O) groups is 4. The quantitative estimate of drug-likeness (QED) is 0.0222. The summed E-state index contributed by atoms with van der Waals surface area (Å²) >= 11 is 0. The number of carbonyl (C=O) groups excluding carboxylic acids is 4. The van der Waals surface area contributed by atoms with Gasteiger partial charge in [-0.3, -0.25) is 37.3 Å². The molecule has 5 atom stereocenters. The molecule has 0 spiro atoms. The first-order valence-electron chi connectivity index (χ1n) is 44.5. The molecule has 0 aromatic heterocycles. The fourth-order valence-corrected chi connectivity index (χ4v) is 15.0. The van der Waals surface area contributed by atoms with Crippen LogP contribution in [0.2, 0.25) is 0 Å². The normalized spacial score (nSPS) is 13.8. The zero-order chi connectivity index (χ0) is 77.1. The van der Waals surface area contributed by atoms with E-state index in [0.717, 1.165) is 102 Å². The van der Waals surface area contributed by atoms with E-state index in [1.807, 2.05) is 0 Å². The largest absolute Gasteiger partial charge is 0.472 e. The molecule has 3 N–H and O–H groups in total. The lowest BCUT2D eigenvalue weighted by molar-refractivity contribution is -0.161. The zero-order valence-corrected chi connectivity index (χ0v) is 70.8. The van der Waals surface area contributed by atoms with Crippen LogP contribution in [0.15, 0.2) is 0 Å². The lowest BCUT2D eigenvalue weighted by Gasteiger charge is -2.21. The van der Waals surface area contributed by atoms with E-state index in [9.17, 15) is 43.2 Å². The van der Waals surface area contributed by atoms with Gasteiger partial charge in [0, 0.05) is 25.7 Å². The summed E-state index contributed by atoms with van der Waals surface area (Å²) in [6.07, 6.45) is 69.4. The summed E-state index contributed by atoms with van der Waals surface area (Å²) in [5.74, 6) is -0.550. The highest BCUT2D eigenvalue weighted by molar-refractivity contribution is 7.47. The number of unbranched alkanes of at least 4 members (excludes halogenated alkanes) is 55. The third-order valence-electron chi connectivity index (χ3n) is 20.2. The minimum atomic E-state index is -4.97. The molecule has 0 radical (unpaired) electrons. The maximum absolute atomic E-state index is 13.1. The van der Waals surface area contributed by atoms with E-state index >= 15 is 0 Å². The molecule has 2 unspecified atom stereocenters. The number of hydrogen-bond acceptors (Lipinski definition) is 15. The van der Waals surface area contributed by atoms with Gasteiger partial charge in [-0.15, -0.1) is 0 Å². The van der Waals surface area contributed by atoms with E-state index in [0.29, 0.717) is 25.7 Å². The molecule has 0 saturated heterocycles. The molecule has 0 amide bonds. The molecular weight excluding hydrogens is 1370 g/mol. The number of phosphoric acid groups is 2. The molecule has 0 bridgehead atoms. The van der Waals surface area contributed by atoms with Crippen molar-refractivity contribution in [1.29, 1.82) is 0 Å². The number of phosphoric ester groups is 2. The van der Waals surface area contributed by atoms with Crippen LogP contribution in [0, 0.1) is 11.8 Å². The average molecular weight is 1540 g/mol. The molecule has 0 fully saturated rings. The lowest BCUT2D eigenvalue weighted by atomic mass is 10.0. The Labute approximate surface area is 645 Å². The second-order valence-corrected chi connectivity index (χ2v) is 34.8. The van der Waals surface area contributed by atoms with Crippen LogP contribution in [0.4, 0.5) is 0 Å². The van der Waals surface area contributed by atoms with Crippen LogP contribution in [-0.2, 0) is 65.4 Å². The van der Waals surface area contributed by atoms with Crippen molar-refractivity contribution in [3.05, 3.63) is 0 Å². The Hall–Kier alpha value is -1.94. The van der Waals surface area contributed by atoms with Crippen LogP contribution in [0.1, 0.15) is 459 Å². The summed E-state index contributed by atoms with van der Waals surface area (Å²) < 4.78 is 68.9. The highest BCUT2D eigenvalue weighted by atomic mass is 31.2. The van der Waals surface area contributed by atoms with Crippen LogP contribution in [0.25, 0.3) is 0 Å². The number of aliphatic hydroxyl groups is 1. The van der Waals surface area contributed by atoms with E-state index in [4.69, 9.17) is 37.0 Å². The molecule has 0 heterocycles. The Kier molecular flexibility index (Phi) is 76.0. The predicted molar refractivity (Wildman–Crippen MR) is 432 cm³/mol. The van der Waals surface area contributed by atoms with Crippen LogP contribution in [0.3, 0.4) is 0 Å². The van der Waals surface area contributed by atoms with Crippen LogP contribution >= 0.6 is 15.6 Å². The van der Waals surface area contributed by atoms with E-state index < -0.39 is 97.5 Å². The topological polar surface area (TPSA) is 237 Å². The first kappa shape index (κ1) is 103. The van der Waals surface area contributed by atoms with Gasteiger partial charge in [0.05, 0.1) is 26.4 Å². The van der Waals surface area contributed by atoms with Crippen molar-refractivity contribution < 1.29 is 80.2 Å². The van der Waals surface area contributed by atoms with Gasteiger partial charge in [-0.2, -0.15) is 0 Å². The highest BCUT2D eigenvalue weighted by Crippen LogP contribution is 2.45. The van der Waals surface area contributed by atoms with Crippen molar-refractivity contribution >= 4 is 39.5 Å². The molecule has 19 heteroatoms. The zero-order valence-electron chi connectivity index (χ0n) is 69.0. The summed E-state index contributed by atoms with van der Waals surface area (Å²) in [6, 6.07) is 0. The smallest absolute Gasteiger partial charge is 0.462 e. The molecule has 0 rings (SSSR count). The molecule has 0 aromatic rings. The Balaban J connectivity index is 5.26. The number of aliphatic hydroxyl groups excluding tert-OH is 1. The summed E-state index contributed by atoms with van der Waals surface area (Å²) in [6.45, 7) is 9.69. The Morgan fingerprint density at radius 2 is 0.438 bits per heavy atom. The van der Waals surface area contributed by atoms with Crippen LogP contribution in [0.5, 0.6) is 0 Å². The first-order chi connectivity index (χ1) is 50.9. The first-order valence-corrected chi connectivity index (χ1v) is 47.5. The van der Waals surface area contributed by atoms with E-state index in [1.54, 1.807) is 0 Å². The summed E-state index contributed by atoms with van der Waals surface area (Å²) in [7, 11) is -9.93.